The Balaban J connectivity index is 2.13. The summed E-state index contributed by atoms with van der Waals surface area (Å²) in [6, 6.07) is 15.5. The van der Waals surface area contributed by atoms with Crippen LogP contribution in [-0.4, -0.2) is 20.9 Å². The molecule has 3 aromatic rings. The summed E-state index contributed by atoms with van der Waals surface area (Å²) < 4.78 is 1.86. The lowest BCUT2D eigenvalue weighted by Gasteiger charge is -2.05. The zero-order chi connectivity index (χ0) is 14.1. The van der Waals surface area contributed by atoms with Gasteiger partial charge in [-0.05, 0) is 30.7 Å². The summed E-state index contributed by atoms with van der Waals surface area (Å²) in [5, 5.41) is 14.5. The number of aromatic nitrogens is 2. The Morgan fingerprint density at radius 2 is 2.00 bits per heavy atom. The molecule has 0 fully saturated rings. The molecule has 0 bridgehead atoms. The number of hydrogen-bond acceptors (Lipinski definition) is 2. The third-order valence-electron chi connectivity index (χ3n) is 3.28. The second-order valence-corrected chi connectivity index (χ2v) is 4.75. The van der Waals surface area contributed by atoms with E-state index in [-0.39, 0.29) is 6.42 Å². The van der Waals surface area contributed by atoms with E-state index < -0.39 is 5.97 Å². The van der Waals surface area contributed by atoms with Gasteiger partial charge in [0.15, 0.2) is 0 Å². The molecule has 4 heteroatoms. The molecule has 20 heavy (non-hydrogen) atoms. The van der Waals surface area contributed by atoms with E-state index in [1.807, 2.05) is 60.1 Å². The summed E-state index contributed by atoms with van der Waals surface area (Å²) >= 11 is 0. The lowest BCUT2D eigenvalue weighted by molar-refractivity contribution is -0.136. The smallest absolute Gasteiger partial charge is 0.307 e. The summed E-state index contributed by atoms with van der Waals surface area (Å²) in [6.45, 7) is 1.97. The van der Waals surface area contributed by atoms with Gasteiger partial charge in [-0.1, -0.05) is 30.3 Å². The number of hydrogen-bond donors (Lipinski definition) is 1. The molecular weight excluding hydrogens is 252 g/mol. The molecule has 100 valence electrons. The predicted molar refractivity (Wildman–Crippen MR) is 77.1 cm³/mol. The van der Waals surface area contributed by atoms with Crippen LogP contribution in [0.1, 0.15) is 11.3 Å². The molecule has 0 atom stereocenters. The van der Waals surface area contributed by atoms with E-state index in [1.165, 1.54) is 0 Å². The van der Waals surface area contributed by atoms with E-state index in [9.17, 15) is 4.79 Å². The van der Waals surface area contributed by atoms with Crippen LogP contribution in [0.15, 0.2) is 48.5 Å². The Morgan fingerprint density at radius 1 is 1.20 bits per heavy atom. The maximum Gasteiger partial charge on any atom is 0.307 e. The number of carbonyl (C=O) groups is 1. The van der Waals surface area contributed by atoms with Gasteiger partial charge in [0.2, 0.25) is 0 Å². The van der Waals surface area contributed by atoms with Crippen molar-refractivity contribution in [3.8, 4) is 5.69 Å². The van der Waals surface area contributed by atoms with Crippen molar-refractivity contribution in [1.29, 1.82) is 0 Å². The molecule has 1 N–H and O–H groups in total. The topological polar surface area (TPSA) is 55.1 Å². The number of aryl methyl sites for hydroxylation is 1. The Hall–Kier alpha value is -2.62. The number of aliphatic carboxylic acids is 1. The second-order valence-electron chi connectivity index (χ2n) is 4.75. The van der Waals surface area contributed by atoms with Crippen LogP contribution in [0.2, 0.25) is 0 Å². The lowest BCUT2D eigenvalue weighted by Crippen LogP contribution is -2.02. The summed E-state index contributed by atoms with van der Waals surface area (Å²) in [6.07, 6.45) is 0.0199. The first-order valence-electron chi connectivity index (χ1n) is 6.40. The number of fused-ring (bicyclic) bond motifs is 1. The molecule has 0 radical (unpaired) electrons. The number of rotatable bonds is 3. The molecule has 0 saturated carbocycles. The van der Waals surface area contributed by atoms with Crippen molar-refractivity contribution >= 4 is 16.9 Å². The van der Waals surface area contributed by atoms with Gasteiger partial charge in [-0.25, -0.2) is 4.68 Å². The Bertz CT molecular complexity index is 790. The van der Waals surface area contributed by atoms with Crippen LogP contribution in [0.5, 0.6) is 0 Å². The number of carboxylic acids is 1. The number of para-hydroxylation sites is 1. The average Bonchev–Trinajstić information content (AvgIpc) is 2.76. The van der Waals surface area contributed by atoms with Crippen LogP contribution in [0.4, 0.5) is 0 Å². The van der Waals surface area contributed by atoms with Crippen molar-refractivity contribution < 1.29 is 9.90 Å². The van der Waals surface area contributed by atoms with E-state index in [2.05, 4.69) is 5.10 Å². The molecule has 3 rings (SSSR count). The number of benzene rings is 2. The molecule has 2 aromatic carbocycles. The van der Waals surface area contributed by atoms with E-state index in [0.717, 1.165) is 27.8 Å². The van der Waals surface area contributed by atoms with Crippen LogP contribution < -0.4 is 0 Å². The molecule has 0 spiro atoms. The third kappa shape index (κ3) is 2.16. The molecule has 0 aliphatic rings. The van der Waals surface area contributed by atoms with Gasteiger partial charge in [0.05, 0.1) is 23.3 Å². The zero-order valence-electron chi connectivity index (χ0n) is 11.1. The van der Waals surface area contributed by atoms with E-state index >= 15 is 0 Å². The maximum absolute atomic E-state index is 10.8. The van der Waals surface area contributed by atoms with E-state index in [1.54, 1.807) is 0 Å². The molecule has 1 aromatic heterocycles. The molecule has 0 amide bonds. The van der Waals surface area contributed by atoms with Gasteiger partial charge in [-0.15, -0.1) is 0 Å². The standard InChI is InChI=1S/C16H14N2O2/c1-11-14-7-2-3-8-15(14)18(17-11)13-6-4-5-12(9-13)10-16(19)20/h2-9H,10H2,1H3,(H,19,20). The van der Waals surface area contributed by atoms with Gasteiger partial charge in [0.25, 0.3) is 0 Å². The number of nitrogens with zero attached hydrogens (tertiary/aromatic N) is 2. The Labute approximate surface area is 116 Å². The molecule has 0 saturated heterocycles. The quantitative estimate of drug-likeness (QED) is 0.793. The first-order chi connectivity index (χ1) is 9.65. The maximum atomic E-state index is 10.8. The Kier molecular flexibility index (Phi) is 2.99. The summed E-state index contributed by atoms with van der Waals surface area (Å²) in [7, 11) is 0. The van der Waals surface area contributed by atoms with E-state index in [4.69, 9.17) is 5.11 Å². The minimum atomic E-state index is -0.830. The van der Waals surface area contributed by atoms with Gasteiger partial charge >= 0.3 is 5.97 Å². The van der Waals surface area contributed by atoms with Crippen molar-refractivity contribution in [3.05, 3.63) is 59.8 Å². The fourth-order valence-electron chi connectivity index (χ4n) is 2.39. The number of carboxylic acid groups (broad SMARTS) is 1. The Morgan fingerprint density at radius 3 is 2.80 bits per heavy atom. The van der Waals surface area contributed by atoms with Crippen molar-refractivity contribution in [2.45, 2.75) is 13.3 Å². The van der Waals surface area contributed by atoms with Gasteiger partial charge in [0, 0.05) is 5.39 Å². The fourth-order valence-corrected chi connectivity index (χ4v) is 2.39. The highest BCUT2D eigenvalue weighted by molar-refractivity contribution is 5.83. The van der Waals surface area contributed by atoms with Crippen molar-refractivity contribution in [3.63, 3.8) is 0 Å². The highest BCUT2D eigenvalue weighted by atomic mass is 16.4. The SMILES string of the molecule is Cc1nn(-c2cccc(CC(=O)O)c2)c2ccccc12. The van der Waals surface area contributed by atoms with Crippen LogP contribution in [0.3, 0.4) is 0 Å². The first kappa shape index (κ1) is 12.4. The van der Waals surface area contributed by atoms with Crippen molar-refractivity contribution in [2.24, 2.45) is 0 Å². The van der Waals surface area contributed by atoms with Gasteiger partial charge in [-0.2, -0.15) is 5.10 Å². The van der Waals surface area contributed by atoms with Gasteiger partial charge < -0.3 is 5.11 Å². The first-order valence-corrected chi connectivity index (χ1v) is 6.40. The zero-order valence-corrected chi connectivity index (χ0v) is 11.1. The minimum absolute atomic E-state index is 0.0199. The summed E-state index contributed by atoms with van der Waals surface area (Å²) in [5.74, 6) is -0.830. The van der Waals surface area contributed by atoms with Crippen LogP contribution >= 0.6 is 0 Å². The van der Waals surface area contributed by atoms with Crippen molar-refractivity contribution in [1.82, 2.24) is 9.78 Å². The second kappa shape index (κ2) is 4.81. The van der Waals surface area contributed by atoms with Gasteiger partial charge in [-0.3, -0.25) is 4.79 Å². The molecule has 0 aliphatic carbocycles. The fraction of sp³-hybridized carbons (Fsp3) is 0.125. The largest absolute Gasteiger partial charge is 0.481 e. The molecular formula is C16H14N2O2. The normalized spacial score (nSPS) is 10.8. The predicted octanol–water partition coefficient (Wildman–Crippen LogP) is 2.96. The third-order valence-corrected chi connectivity index (χ3v) is 3.28. The average molecular weight is 266 g/mol. The van der Waals surface area contributed by atoms with Crippen LogP contribution in [-0.2, 0) is 11.2 Å². The minimum Gasteiger partial charge on any atom is -0.481 e. The summed E-state index contributed by atoms with van der Waals surface area (Å²) in [5.41, 5.74) is 3.64. The lowest BCUT2D eigenvalue weighted by atomic mass is 10.1. The molecule has 1 heterocycles. The van der Waals surface area contributed by atoms with Crippen LogP contribution in [0.25, 0.3) is 16.6 Å². The molecule has 4 nitrogen and oxygen atoms in total. The highest BCUT2D eigenvalue weighted by Crippen LogP contribution is 2.22. The van der Waals surface area contributed by atoms with Crippen molar-refractivity contribution in [2.75, 3.05) is 0 Å². The summed E-state index contributed by atoms with van der Waals surface area (Å²) in [4.78, 5) is 10.8. The molecule has 0 aliphatic heterocycles. The van der Waals surface area contributed by atoms with Gasteiger partial charge in [0.1, 0.15) is 0 Å². The molecule has 0 unspecified atom stereocenters. The monoisotopic (exact) mass is 266 g/mol. The highest BCUT2D eigenvalue weighted by Gasteiger charge is 2.09. The van der Waals surface area contributed by atoms with E-state index in [0.29, 0.717) is 0 Å². The van der Waals surface area contributed by atoms with Crippen LogP contribution in [0, 0.1) is 6.92 Å².